The Kier molecular flexibility index (Phi) is 3.49. The molecule has 0 saturated carbocycles. The molecule has 0 atom stereocenters. The highest BCUT2D eigenvalue weighted by molar-refractivity contribution is 5.34. The van der Waals surface area contributed by atoms with Gasteiger partial charge in [-0.15, -0.1) is 0 Å². The lowest BCUT2D eigenvalue weighted by molar-refractivity contribution is 0.303. The van der Waals surface area contributed by atoms with Crippen LogP contribution in [0.4, 0.5) is 8.78 Å². The molecule has 2 aromatic rings. The standard InChI is InChI=1S/C13H8F2N2O/c14-12-3-1-9(5-10(12)6-16)8-18-11-2-4-13(15)17-7-11/h1-5,7H,8H2. The van der Waals surface area contributed by atoms with E-state index < -0.39 is 11.8 Å². The van der Waals surface area contributed by atoms with Crippen LogP contribution in [0.2, 0.25) is 0 Å². The molecular formula is C13H8F2N2O. The molecule has 0 amide bonds. The monoisotopic (exact) mass is 246 g/mol. The Bertz CT molecular complexity index is 591. The summed E-state index contributed by atoms with van der Waals surface area (Å²) < 4.78 is 30.9. The Morgan fingerprint density at radius 2 is 2.06 bits per heavy atom. The summed E-state index contributed by atoms with van der Waals surface area (Å²) in [5.74, 6) is -0.750. The van der Waals surface area contributed by atoms with Crippen LogP contribution in [0.5, 0.6) is 5.75 Å². The maximum absolute atomic E-state index is 13.1. The van der Waals surface area contributed by atoms with Crippen LogP contribution in [0, 0.1) is 23.1 Å². The van der Waals surface area contributed by atoms with Crippen molar-refractivity contribution < 1.29 is 13.5 Å². The quantitative estimate of drug-likeness (QED) is 0.782. The zero-order chi connectivity index (χ0) is 13.0. The van der Waals surface area contributed by atoms with E-state index in [4.69, 9.17) is 10.00 Å². The number of pyridine rings is 1. The molecule has 5 heteroatoms. The van der Waals surface area contributed by atoms with E-state index >= 15 is 0 Å². The summed E-state index contributed by atoms with van der Waals surface area (Å²) in [6.07, 6.45) is 1.25. The van der Waals surface area contributed by atoms with Crippen molar-refractivity contribution in [2.24, 2.45) is 0 Å². The first-order valence-electron chi connectivity index (χ1n) is 5.12. The molecule has 90 valence electrons. The Morgan fingerprint density at radius 3 is 2.72 bits per heavy atom. The molecule has 18 heavy (non-hydrogen) atoms. The van der Waals surface area contributed by atoms with E-state index in [1.54, 1.807) is 6.07 Å². The fourth-order valence-corrected chi connectivity index (χ4v) is 1.36. The van der Waals surface area contributed by atoms with E-state index in [2.05, 4.69) is 4.98 Å². The number of hydrogen-bond donors (Lipinski definition) is 0. The minimum Gasteiger partial charge on any atom is -0.487 e. The van der Waals surface area contributed by atoms with Crippen molar-refractivity contribution in [1.29, 1.82) is 5.26 Å². The molecule has 1 aromatic carbocycles. The molecule has 0 fully saturated rings. The maximum Gasteiger partial charge on any atom is 0.213 e. The van der Waals surface area contributed by atoms with Gasteiger partial charge in [0.15, 0.2) is 0 Å². The number of nitrogens with zero attached hydrogens (tertiary/aromatic N) is 2. The van der Waals surface area contributed by atoms with Gasteiger partial charge in [-0.25, -0.2) is 9.37 Å². The van der Waals surface area contributed by atoms with Crippen molar-refractivity contribution >= 4 is 0 Å². The average Bonchev–Trinajstić information content (AvgIpc) is 2.39. The molecule has 0 saturated heterocycles. The summed E-state index contributed by atoms with van der Waals surface area (Å²) in [6.45, 7) is 0.155. The maximum atomic E-state index is 13.1. The Balaban J connectivity index is 2.06. The third kappa shape index (κ3) is 2.80. The summed E-state index contributed by atoms with van der Waals surface area (Å²) >= 11 is 0. The summed E-state index contributed by atoms with van der Waals surface area (Å²) in [5, 5.41) is 8.68. The van der Waals surface area contributed by atoms with E-state index in [0.29, 0.717) is 11.3 Å². The number of hydrogen-bond acceptors (Lipinski definition) is 3. The van der Waals surface area contributed by atoms with Crippen molar-refractivity contribution in [3.8, 4) is 11.8 Å². The van der Waals surface area contributed by atoms with Gasteiger partial charge in [0.25, 0.3) is 0 Å². The van der Waals surface area contributed by atoms with Crippen molar-refractivity contribution in [1.82, 2.24) is 4.98 Å². The van der Waals surface area contributed by atoms with Crippen LogP contribution >= 0.6 is 0 Å². The molecule has 0 N–H and O–H groups in total. The number of benzene rings is 1. The van der Waals surface area contributed by atoms with Crippen molar-refractivity contribution in [3.05, 3.63) is 59.4 Å². The molecule has 3 nitrogen and oxygen atoms in total. The Hall–Kier alpha value is -2.48. The zero-order valence-electron chi connectivity index (χ0n) is 9.23. The predicted octanol–water partition coefficient (Wildman–Crippen LogP) is 2.81. The lowest BCUT2D eigenvalue weighted by Gasteiger charge is -2.06. The van der Waals surface area contributed by atoms with Crippen molar-refractivity contribution in [2.45, 2.75) is 6.61 Å². The number of ether oxygens (including phenoxy) is 1. The zero-order valence-corrected chi connectivity index (χ0v) is 9.23. The van der Waals surface area contributed by atoms with Crippen LogP contribution in [0.25, 0.3) is 0 Å². The number of nitriles is 1. The van der Waals surface area contributed by atoms with Gasteiger partial charge >= 0.3 is 0 Å². The van der Waals surface area contributed by atoms with Crippen LogP contribution in [0.3, 0.4) is 0 Å². The summed E-state index contributed by atoms with van der Waals surface area (Å²) in [4.78, 5) is 3.44. The molecular weight excluding hydrogens is 238 g/mol. The second-order valence-electron chi connectivity index (χ2n) is 3.53. The summed E-state index contributed by atoms with van der Waals surface area (Å²) in [7, 11) is 0. The Labute approximate surface area is 102 Å². The highest BCUT2D eigenvalue weighted by Gasteiger charge is 2.03. The van der Waals surface area contributed by atoms with Gasteiger partial charge < -0.3 is 4.74 Å². The van der Waals surface area contributed by atoms with Crippen molar-refractivity contribution in [3.63, 3.8) is 0 Å². The first-order chi connectivity index (χ1) is 8.69. The Morgan fingerprint density at radius 1 is 1.22 bits per heavy atom. The molecule has 0 aliphatic heterocycles. The minimum absolute atomic E-state index is 0.0340. The van der Waals surface area contributed by atoms with Crippen LogP contribution in [-0.4, -0.2) is 4.98 Å². The topological polar surface area (TPSA) is 45.9 Å². The molecule has 1 heterocycles. The second kappa shape index (κ2) is 5.23. The number of aromatic nitrogens is 1. The molecule has 0 unspecified atom stereocenters. The smallest absolute Gasteiger partial charge is 0.213 e. The van der Waals surface area contributed by atoms with Gasteiger partial charge in [-0.1, -0.05) is 6.07 Å². The van der Waals surface area contributed by atoms with Gasteiger partial charge in [-0.05, 0) is 29.8 Å². The normalized spacial score (nSPS) is 9.83. The van der Waals surface area contributed by atoms with Crippen molar-refractivity contribution in [2.75, 3.05) is 0 Å². The molecule has 0 aliphatic rings. The third-order valence-corrected chi connectivity index (χ3v) is 2.26. The van der Waals surface area contributed by atoms with Gasteiger partial charge in [-0.2, -0.15) is 9.65 Å². The van der Waals surface area contributed by atoms with E-state index in [0.717, 1.165) is 0 Å². The first-order valence-corrected chi connectivity index (χ1v) is 5.12. The minimum atomic E-state index is -0.587. The van der Waals surface area contributed by atoms with Crippen LogP contribution in [0.15, 0.2) is 36.5 Å². The van der Waals surface area contributed by atoms with Gasteiger partial charge in [0.2, 0.25) is 5.95 Å². The third-order valence-electron chi connectivity index (χ3n) is 2.26. The van der Waals surface area contributed by atoms with Crippen LogP contribution < -0.4 is 4.74 Å². The fourth-order valence-electron chi connectivity index (χ4n) is 1.36. The molecule has 0 aliphatic carbocycles. The largest absolute Gasteiger partial charge is 0.487 e. The molecule has 1 aromatic heterocycles. The second-order valence-corrected chi connectivity index (χ2v) is 3.53. The van der Waals surface area contributed by atoms with E-state index in [1.807, 2.05) is 0 Å². The number of halogens is 2. The molecule has 0 radical (unpaired) electrons. The van der Waals surface area contributed by atoms with Crippen LogP contribution in [0.1, 0.15) is 11.1 Å². The highest BCUT2D eigenvalue weighted by Crippen LogP contribution is 2.14. The lowest BCUT2D eigenvalue weighted by Crippen LogP contribution is -1.97. The lowest BCUT2D eigenvalue weighted by atomic mass is 10.1. The van der Waals surface area contributed by atoms with Gasteiger partial charge in [0.05, 0.1) is 11.8 Å². The summed E-state index contributed by atoms with van der Waals surface area (Å²) in [5.41, 5.74) is 0.616. The number of rotatable bonds is 3. The molecule has 2 rings (SSSR count). The van der Waals surface area contributed by atoms with Crippen LogP contribution in [-0.2, 0) is 6.61 Å². The SMILES string of the molecule is N#Cc1cc(COc2ccc(F)nc2)ccc1F. The first kappa shape index (κ1) is 12.0. The highest BCUT2D eigenvalue weighted by atomic mass is 19.1. The fraction of sp³-hybridized carbons (Fsp3) is 0.0769. The van der Waals surface area contributed by atoms with E-state index in [9.17, 15) is 8.78 Å². The van der Waals surface area contributed by atoms with E-state index in [-0.39, 0.29) is 12.2 Å². The summed E-state index contributed by atoms with van der Waals surface area (Å²) in [6, 6.07) is 8.51. The van der Waals surface area contributed by atoms with Gasteiger partial charge in [-0.3, -0.25) is 0 Å². The van der Waals surface area contributed by atoms with Gasteiger partial charge in [0, 0.05) is 0 Å². The average molecular weight is 246 g/mol. The molecule has 0 spiro atoms. The molecule has 0 bridgehead atoms. The van der Waals surface area contributed by atoms with E-state index in [1.165, 1.54) is 36.5 Å². The van der Waals surface area contributed by atoms with Gasteiger partial charge in [0.1, 0.15) is 24.2 Å². The predicted molar refractivity (Wildman–Crippen MR) is 59.6 cm³/mol.